The quantitative estimate of drug-likeness (QED) is 0.195. The molecule has 0 bridgehead atoms. The molecule has 2 aromatic carbocycles. The van der Waals surface area contributed by atoms with Crippen LogP contribution < -0.4 is 21.3 Å². The van der Waals surface area contributed by atoms with E-state index < -0.39 is 28.9 Å². The molecule has 0 radical (unpaired) electrons. The fourth-order valence-corrected chi connectivity index (χ4v) is 7.42. The standard InChI is InChI=1S/C39H37F2N7O4.ClH/c40-27-8-15-35-44-34(24-46(35)23-27)37(49)43-29-9-11-30(12-10-29)48-38(50)33-21-28(41)22-42-36(33)47(39(48)51)31-5-3-4-26(20-31)25-6-13-32(14-7-25)52-19-18-45-16-1-2-17-45;/h3-8,13-15,20-24,29-30H,1-2,9-12,16-19H2,(H,43,49);1H. The van der Waals surface area contributed by atoms with Gasteiger partial charge in [-0.2, -0.15) is 0 Å². The molecule has 0 spiro atoms. The number of rotatable bonds is 9. The Morgan fingerprint density at radius 3 is 2.43 bits per heavy atom. The van der Waals surface area contributed by atoms with E-state index in [1.54, 1.807) is 6.07 Å². The monoisotopic (exact) mass is 741 g/mol. The van der Waals surface area contributed by atoms with Gasteiger partial charge in [0.25, 0.3) is 11.5 Å². The van der Waals surface area contributed by atoms with Crippen LogP contribution in [0.3, 0.4) is 0 Å². The van der Waals surface area contributed by atoms with Crippen molar-refractivity contribution < 1.29 is 18.3 Å². The average Bonchev–Trinajstić information content (AvgIpc) is 3.83. The molecule has 1 aliphatic carbocycles. The molecule has 1 N–H and O–H groups in total. The Labute approximate surface area is 309 Å². The van der Waals surface area contributed by atoms with Gasteiger partial charge in [-0.3, -0.25) is 19.1 Å². The molecule has 8 rings (SSSR count). The zero-order chi connectivity index (χ0) is 35.8. The molecule has 4 aromatic heterocycles. The largest absolute Gasteiger partial charge is 0.492 e. The van der Waals surface area contributed by atoms with Crippen LogP contribution in [0.5, 0.6) is 5.75 Å². The third-order valence-corrected chi connectivity index (χ3v) is 10.1. The number of ether oxygens (including phenoxy) is 1. The van der Waals surface area contributed by atoms with Crippen LogP contribution in [-0.2, 0) is 0 Å². The smallest absolute Gasteiger partial charge is 0.337 e. The summed E-state index contributed by atoms with van der Waals surface area (Å²) in [6.45, 7) is 3.77. The molecule has 2 aliphatic rings. The van der Waals surface area contributed by atoms with Crippen molar-refractivity contribution >= 4 is 35.0 Å². The van der Waals surface area contributed by atoms with Crippen molar-refractivity contribution in [1.82, 2.24) is 33.7 Å². The molecule has 1 aliphatic heterocycles. The van der Waals surface area contributed by atoms with Crippen LogP contribution in [0.25, 0.3) is 33.5 Å². The summed E-state index contributed by atoms with van der Waals surface area (Å²) in [5.41, 5.74) is 1.74. The second-order valence-corrected chi connectivity index (χ2v) is 13.5. The number of nitrogens with zero attached hydrogens (tertiary/aromatic N) is 6. The van der Waals surface area contributed by atoms with Gasteiger partial charge >= 0.3 is 5.69 Å². The highest BCUT2D eigenvalue weighted by molar-refractivity contribution is 5.93. The number of nitrogens with one attached hydrogen (secondary N) is 1. The third-order valence-electron chi connectivity index (χ3n) is 10.1. The van der Waals surface area contributed by atoms with Gasteiger partial charge in [-0.1, -0.05) is 24.3 Å². The second kappa shape index (κ2) is 15.3. The number of imidazole rings is 1. The van der Waals surface area contributed by atoms with Crippen LogP contribution in [0.1, 0.15) is 55.1 Å². The number of halogens is 3. The third kappa shape index (κ3) is 7.44. The lowest BCUT2D eigenvalue weighted by molar-refractivity contribution is 0.0917. The molecule has 14 heteroatoms. The van der Waals surface area contributed by atoms with Crippen molar-refractivity contribution in [1.29, 1.82) is 0 Å². The average molecular weight is 742 g/mol. The van der Waals surface area contributed by atoms with Crippen LogP contribution >= 0.6 is 12.4 Å². The van der Waals surface area contributed by atoms with Crippen molar-refractivity contribution in [3.63, 3.8) is 0 Å². The fraction of sp³-hybridized carbons (Fsp3) is 0.308. The topological polar surface area (TPSA) is 116 Å². The first-order valence-electron chi connectivity index (χ1n) is 17.6. The number of likely N-dealkylation sites (tertiary alicyclic amines) is 1. The predicted octanol–water partition coefficient (Wildman–Crippen LogP) is 5.95. The SMILES string of the molecule is Cl.O=C(NC1CCC(n2c(=O)c3cc(F)cnc3n(-c3cccc(-c4ccc(OCCN5CCCC5)cc4)c3)c2=O)CC1)c1cn2cc(F)ccc2n1. The molecule has 53 heavy (non-hydrogen) atoms. The molecule has 2 fully saturated rings. The first-order chi connectivity index (χ1) is 25.3. The van der Waals surface area contributed by atoms with Gasteiger partial charge in [0, 0.05) is 31.0 Å². The Hall–Kier alpha value is -5.40. The van der Waals surface area contributed by atoms with Gasteiger partial charge in [0.05, 0.1) is 17.3 Å². The number of hydrogen-bond acceptors (Lipinski definition) is 7. The van der Waals surface area contributed by atoms with E-state index in [4.69, 9.17) is 4.74 Å². The highest BCUT2D eigenvalue weighted by Gasteiger charge is 2.29. The summed E-state index contributed by atoms with van der Waals surface area (Å²) < 4.78 is 38.2. The van der Waals surface area contributed by atoms with E-state index in [0.29, 0.717) is 43.6 Å². The van der Waals surface area contributed by atoms with Crippen molar-refractivity contribution in [2.24, 2.45) is 0 Å². The first-order valence-corrected chi connectivity index (χ1v) is 17.6. The molecule has 6 aromatic rings. The minimum atomic E-state index is -0.682. The van der Waals surface area contributed by atoms with E-state index in [-0.39, 0.29) is 41.1 Å². The normalized spacial score (nSPS) is 17.5. The van der Waals surface area contributed by atoms with Crippen LogP contribution in [0.15, 0.2) is 94.9 Å². The lowest BCUT2D eigenvalue weighted by atomic mass is 9.90. The van der Waals surface area contributed by atoms with Gasteiger partial charge in [-0.25, -0.2) is 28.1 Å². The Morgan fingerprint density at radius 1 is 0.887 bits per heavy atom. The van der Waals surface area contributed by atoms with E-state index in [0.717, 1.165) is 48.8 Å². The molecule has 1 amide bonds. The van der Waals surface area contributed by atoms with E-state index >= 15 is 0 Å². The summed E-state index contributed by atoms with van der Waals surface area (Å²) in [5.74, 6) is -0.734. The summed E-state index contributed by atoms with van der Waals surface area (Å²) in [7, 11) is 0. The zero-order valence-corrected chi connectivity index (χ0v) is 29.6. The minimum Gasteiger partial charge on any atom is -0.492 e. The highest BCUT2D eigenvalue weighted by atomic mass is 35.5. The lowest BCUT2D eigenvalue weighted by Gasteiger charge is -2.30. The Balaban J connectivity index is 0.00000435. The number of aromatic nitrogens is 5. The van der Waals surface area contributed by atoms with Crippen molar-refractivity contribution in [3.8, 4) is 22.6 Å². The molecular weight excluding hydrogens is 704 g/mol. The maximum absolute atomic E-state index is 14.5. The van der Waals surface area contributed by atoms with Crippen LogP contribution in [-0.4, -0.2) is 66.6 Å². The van der Waals surface area contributed by atoms with Crippen LogP contribution in [0.4, 0.5) is 8.78 Å². The van der Waals surface area contributed by atoms with Gasteiger partial charge in [0.15, 0.2) is 5.65 Å². The molecule has 0 unspecified atom stereocenters. The molecule has 0 atom stereocenters. The van der Waals surface area contributed by atoms with Gasteiger partial charge in [0.1, 0.15) is 35.3 Å². The Kier molecular flexibility index (Phi) is 10.4. The molecule has 274 valence electrons. The highest BCUT2D eigenvalue weighted by Crippen LogP contribution is 2.29. The van der Waals surface area contributed by atoms with E-state index in [1.807, 2.05) is 42.5 Å². The first kappa shape index (κ1) is 36.0. The summed E-state index contributed by atoms with van der Waals surface area (Å²) in [4.78, 5) is 52.0. The van der Waals surface area contributed by atoms with Gasteiger partial charge < -0.3 is 14.5 Å². The van der Waals surface area contributed by atoms with Crippen molar-refractivity contribution in [3.05, 3.63) is 123 Å². The number of hydrogen-bond donors (Lipinski definition) is 1. The van der Waals surface area contributed by atoms with Gasteiger partial charge in [0.2, 0.25) is 0 Å². The maximum atomic E-state index is 14.5. The molecular formula is C39H38ClF2N7O4. The number of amides is 1. The van der Waals surface area contributed by atoms with Crippen molar-refractivity contribution in [2.45, 2.75) is 50.6 Å². The fourth-order valence-electron chi connectivity index (χ4n) is 7.42. The Morgan fingerprint density at radius 2 is 1.66 bits per heavy atom. The lowest BCUT2D eigenvalue weighted by Crippen LogP contribution is -2.45. The zero-order valence-electron chi connectivity index (χ0n) is 28.8. The number of benzene rings is 2. The van der Waals surface area contributed by atoms with Gasteiger partial charge in [-0.15, -0.1) is 12.4 Å². The van der Waals surface area contributed by atoms with Crippen LogP contribution in [0, 0.1) is 11.6 Å². The molecule has 1 saturated carbocycles. The molecule has 1 saturated heterocycles. The summed E-state index contributed by atoms with van der Waals surface area (Å²) in [6.07, 6.45) is 8.05. The number of pyridine rings is 2. The van der Waals surface area contributed by atoms with E-state index in [1.165, 1.54) is 50.9 Å². The molecule has 5 heterocycles. The van der Waals surface area contributed by atoms with Crippen molar-refractivity contribution in [2.75, 3.05) is 26.2 Å². The van der Waals surface area contributed by atoms with Crippen LogP contribution in [0.2, 0.25) is 0 Å². The summed E-state index contributed by atoms with van der Waals surface area (Å²) in [6, 6.07) is 18.4. The van der Waals surface area contributed by atoms with Gasteiger partial charge in [-0.05, 0) is 105 Å². The number of fused-ring (bicyclic) bond motifs is 2. The summed E-state index contributed by atoms with van der Waals surface area (Å²) >= 11 is 0. The molecule has 11 nitrogen and oxygen atoms in total. The Bertz CT molecular complexity index is 2400. The minimum absolute atomic E-state index is 0. The van der Waals surface area contributed by atoms with E-state index in [9.17, 15) is 23.2 Å². The summed E-state index contributed by atoms with van der Waals surface area (Å²) in [5, 5.41) is 2.98. The second-order valence-electron chi connectivity index (χ2n) is 13.5. The van der Waals surface area contributed by atoms with E-state index in [2.05, 4.69) is 20.2 Å². The maximum Gasteiger partial charge on any atom is 0.337 e. The number of carbonyl (C=O) groups excluding carboxylic acids is 1. The predicted molar refractivity (Wildman–Crippen MR) is 199 cm³/mol. The number of carbonyl (C=O) groups is 1.